The number of hydrogen-bond acceptors (Lipinski definition) is 5. The van der Waals surface area contributed by atoms with Gasteiger partial charge < -0.3 is 19.8 Å². The molecule has 0 aliphatic rings. The van der Waals surface area contributed by atoms with Crippen molar-refractivity contribution in [2.75, 3.05) is 5.32 Å². The minimum atomic E-state index is -4.87. The summed E-state index contributed by atoms with van der Waals surface area (Å²) in [5, 5.41) is 13.2. The van der Waals surface area contributed by atoms with E-state index >= 15 is 0 Å². The molecule has 2 aromatic heterocycles. The number of aromatic amines is 1. The number of alkyl halides is 3. The number of hydrogen-bond donors (Lipinski definition) is 3. The molecule has 0 fully saturated rings. The Morgan fingerprint density at radius 3 is 2.53 bits per heavy atom. The van der Waals surface area contributed by atoms with Gasteiger partial charge in [-0.3, -0.25) is 0 Å². The van der Waals surface area contributed by atoms with Crippen LogP contribution in [0.25, 0.3) is 22.1 Å². The summed E-state index contributed by atoms with van der Waals surface area (Å²) in [6.07, 6.45) is -3.96. The molecule has 0 aliphatic carbocycles. The van der Waals surface area contributed by atoms with E-state index in [0.29, 0.717) is 34.6 Å². The summed E-state index contributed by atoms with van der Waals surface area (Å²) in [5.41, 5.74) is -1.94. The number of imidazole rings is 1. The zero-order chi connectivity index (χ0) is 23.1. The molecule has 0 spiro atoms. The molecule has 1 atom stereocenters. The number of anilines is 1. The molecule has 32 heavy (non-hydrogen) atoms. The van der Waals surface area contributed by atoms with Crippen molar-refractivity contribution < 1.29 is 27.1 Å². The quantitative estimate of drug-likeness (QED) is 0.305. The molecule has 166 valence electrons. The van der Waals surface area contributed by atoms with Crippen molar-refractivity contribution in [1.29, 1.82) is 0 Å². The third kappa shape index (κ3) is 4.09. The molecule has 0 saturated carbocycles. The van der Waals surface area contributed by atoms with Crippen molar-refractivity contribution >= 4 is 16.9 Å². The highest BCUT2D eigenvalue weighted by molar-refractivity contribution is 5.93. The van der Waals surface area contributed by atoms with Gasteiger partial charge in [-0.05, 0) is 41.8 Å². The zero-order valence-corrected chi connectivity index (χ0v) is 16.6. The molecule has 2 heterocycles. The van der Waals surface area contributed by atoms with Crippen LogP contribution in [0.2, 0.25) is 0 Å². The number of nitrogens with zero attached hydrogens (tertiary/aromatic N) is 1. The highest BCUT2D eigenvalue weighted by Gasteiger charge is 2.52. The Morgan fingerprint density at radius 1 is 1.12 bits per heavy atom. The maximum Gasteiger partial charge on any atom is 0.422 e. The first-order valence-electron chi connectivity index (χ1n) is 9.46. The van der Waals surface area contributed by atoms with E-state index in [1.54, 1.807) is 30.3 Å². The van der Waals surface area contributed by atoms with E-state index in [0.717, 1.165) is 6.20 Å². The van der Waals surface area contributed by atoms with Crippen LogP contribution in [0, 0.1) is 5.82 Å². The summed E-state index contributed by atoms with van der Waals surface area (Å²) in [5.74, 6) is -0.363. The van der Waals surface area contributed by atoms with Gasteiger partial charge in [0.25, 0.3) is 0 Å². The van der Waals surface area contributed by atoms with Crippen LogP contribution >= 0.6 is 0 Å². The van der Waals surface area contributed by atoms with Crippen LogP contribution in [-0.4, -0.2) is 21.3 Å². The topological polar surface area (TPSA) is 91.2 Å². The summed E-state index contributed by atoms with van der Waals surface area (Å²) >= 11 is 0. The van der Waals surface area contributed by atoms with Crippen LogP contribution < -0.4 is 10.9 Å². The monoisotopic (exact) mass is 447 g/mol. The van der Waals surface area contributed by atoms with Crippen molar-refractivity contribution in [3.63, 3.8) is 0 Å². The van der Waals surface area contributed by atoms with Gasteiger partial charge in [-0.2, -0.15) is 13.2 Å². The lowest BCUT2D eigenvalue weighted by Gasteiger charge is -2.24. The standard InChI is InChI=1S/C22H17F4N3O3/c1-21(31,22(24,25)26)18-11-28-20(29-18)27-10-12-2-7-15-16(9-19(30)32-17(15)8-12)13-3-5-14(23)6-4-13/h2-9,11,31H,10H2,1H3,(H2,27,28,29)/t21-/m1/s1. The Labute approximate surface area is 178 Å². The number of aromatic nitrogens is 2. The molecule has 3 N–H and O–H groups in total. The molecule has 4 aromatic rings. The van der Waals surface area contributed by atoms with E-state index in [2.05, 4.69) is 15.3 Å². The fourth-order valence-corrected chi connectivity index (χ4v) is 3.18. The molecule has 0 bridgehead atoms. The second-order valence-electron chi connectivity index (χ2n) is 7.39. The molecule has 0 amide bonds. The molecule has 0 aliphatic heterocycles. The molecule has 10 heteroatoms. The van der Waals surface area contributed by atoms with Gasteiger partial charge in [-0.25, -0.2) is 14.2 Å². The lowest BCUT2D eigenvalue weighted by atomic mass is 10.0. The number of rotatable bonds is 5. The van der Waals surface area contributed by atoms with Crippen LogP contribution in [0.3, 0.4) is 0 Å². The second-order valence-corrected chi connectivity index (χ2v) is 7.39. The maximum absolute atomic E-state index is 13.2. The average Bonchev–Trinajstić information content (AvgIpc) is 3.21. The average molecular weight is 447 g/mol. The Morgan fingerprint density at radius 2 is 1.84 bits per heavy atom. The van der Waals surface area contributed by atoms with Gasteiger partial charge in [-0.15, -0.1) is 0 Å². The Kier molecular flexibility index (Phi) is 5.25. The lowest BCUT2D eigenvalue weighted by Crippen LogP contribution is -2.39. The van der Waals surface area contributed by atoms with Crippen LogP contribution in [0.5, 0.6) is 0 Å². The van der Waals surface area contributed by atoms with E-state index in [1.165, 1.54) is 18.2 Å². The molecule has 0 radical (unpaired) electrons. The minimum absolute atomic E-state index is 0.0335. The second kappa shape index (κ2) is 7.79. The highest BCUT2D eigenvalue weighted by atomic mass is 19.4. The zero-order valence-electron chi connectivity index (χ0n) is 16.6. The summed E-state index contributed by atoms with van der Waals surface area (Å²) < 4.78 is 57.4. The number of benzene rings is 2. The van der Waals surface area contributed by atoms with Crippen LogP contribution in [0.1, 0.15) is 18.2 Å². The molecular formula is C22H17F4N3O3. The first-order chi connectivity index (χ1) is 15.0. The van der Waals surface area contributed by atoms with Crippen molar-refractivity contribution in [1.82, 2.24) is 9.97 Å². The fourth-order valence-electron chi connectivity index (χ4n) is 3.18. The first kappa shape index (κ1) is 21.6. The minimum Gasteiger partial charge on any atom is -0.423 e. The predicted molar refractivity (Wildman–Crippen MR) is 109 cm³/mol. The van der Waals surface area contributed by atoms with Gasteiger partial charge in [0, 0.05) is 18.0 Å². The maximum atomic E-state index is 13.2. The lowest BCUT2D eigenvalue weighted by molar-refractivity contribution is -0.260. The Balaban J connectivity index is 1.58. The van der Waals surface area contributed by atoms with Gasteiger partial charge >= 0.3 is 11.8 Å². The fraction of sp³-hybridized carbons (Fsp3) is 0.182. The molecule has 6 nitrogen and oxygen atoms in total. The molecule has 4 rings (SSSR count). The summed E-state index contributed by atoms with van der Waals surface area (Å²) in [6.45, 7) is 0.788. The van der Waals surface area contributed by atoms with Crippen LogP contribution in [0.4, 0.5) is 23.5 Å². The third-order valence-corrected chi connectivity index (χ3v) is 5.08. The van der Waals surface area contributed by atoms with E-state index in [4.69, 9.17) is 4.42 Å². The molecule has 2 aromatic carbocycles. The largest absolute Gasteiger partial charge is 0.423 e. The van der Waals surface area contributed by atoms with Gasteiger partial charge in [0.05, 0.1) is 11.9 Å². The molecule has 0 unspecified atom stereocenters. The van der Waals surface area contributed by atoms with E-state index < -0.39 is 28.9 Å². The van der Waals surface area contributed by atoms with Crippen LogP contribution in [-0.2, 0) is 12.1 Å². The van der Waals surface area contributed by atoms with Gasteiger partial charge in [-0.1, -0.05) is 24.3 Å². The molecular weight excluding hydrogens is 430 g/mol. The Bertz CT molecular complexity index is 1330. The first-order valence-corrected chi connectivity index (χ1v) is 9.46. The number of fused-ring (bicyclic) bond motifs is 1. The predicted octanol–water partition coefficient (Wildman–Crippen LogP) is 4.70. The highest BCUT2D eigenvalue weighted by Crippen LogP contribution is 2.37. The van der Waals surface area contributed by atoms with Gasteiger partial charge in [0.1, 0.15) is 11.4 Å². The Hall–Kier alpha value is -3.66. The van der Waals surface area contributed by atoms with Crippen molar-refractivity contribution in [2.45, 2.75) is 25.2 Å². The van der Waals surface area contributed by atoms with E-state index in [1.807, 2.05) is 0 Å². The number of nitrogens with one attached hydrogen (secondary N) is 2. The normalized spacial score (nSPS) is 13.8. The number of halogens is 4. The molecule has 0 saturated heterocycles. The summed E-state index contributed by atoms with van der Waals surface area (Å²) in [4.78, 5) is 18.3. The van der Waals surface area contributed by atoms with Gasteiger partial charge in [0.15, 0.2) is 5.60 Å². The summed E-state index contributed by atoms with van der Waals surface area (Å²) in [7, 11) is 0. The smallest absolute Gasteiger partial charge is 0.422 e. The van der Waals surface area contributed by atoms with E-state index in [9.17, 15) is 27.5 Å². The van der Waals surface area contributed by atoms with Crippen molar-refractivity contribution in [3.8, 4) is 11.1 Å². The summed E-state index contributed by atoms with van der Waals surface area (Å²) in [6, 6.07) is 12.1. The van der Waals surface area contributed by atoms with Crippen molar-refractivity contribution in [3.05, 3.63) is 82.2 Å². The van der Waals surface area contributed by atoms with Crippen molar-refractivity contribution in [2.24, 2.45) is 0 Å². The number of H-pyrrole nitrogens is 1. The van der Waals surface area contributed by atoms with Gasteiger partial charge in [0.2, 0.25) is 5.95 Å². The van der Waals surface area contributed by atoms with Crippen LogP contribution in [0.15, 0.2) is 63.9 Å². The third-order valence-electron chi connectivity index (χ3n) is 5.08. The van der Waals surface area contributed by atoms with E-state index in [-0.39, 0.29) is 12.5 Å². The number of aliphatic hydroxyl groups is 1. The SMILES string of the molecule is C[C@@](O)(c1cnc(NCc2ccc3c(-c4ccc(F)cc4)cc(=O)oc3c2)[nH]1)C(F)(F)F.